The van der Waals surface area contributed by atoms with Crippen LogP contribution in [0.2, 0.25) is 0 Å². The van der Waals surface area contributed by atoms with Crippen LogP contribution in [0.3, 0.4) is 0 Å². The lowest BCUT2D eigenvalue weighted by atomic mass is 9.82. The molecule has 0 aromatic carbocycles. The number of hydrogen-bond acceptors (Lipinski definition) is 5. The summed E-state index contributed by atoms with van der Waals surface area (Å²) in [5.74, 6) is -1.16. The second-order valence-corrected chi connectivity index (χ2v) is 6.58. The number of aliphatic carboxylic acids is 1. The van der Waals surface area contributed by atoms with Gasteiger partial charge >= 0.3 is 5.97 Å². The molecule has 1 rings (SSSR count). The summed E-state index contributed by atoms with van der Waals surface area (Å²) < 4.78 is 5.01. The minimum Gasteiger partial charge on any atom is -0.480 e. The first kappa shape index (κ1) is 21.4. The van der Waals surface area contributed by atoms with E-state index in [1.165, 1.54) is 0 Å². The van der Waals surface area contributed by atoms with E-state index >= 15 is 0 Å². The van der Waals surface area contributed by atoms with Crippen LogP contribution in [0.4, 0.5) is 0 Å². The van der Waals surface area contributed by atoms with E-state index in [9.17, 15) is 19.5 Å². The SMILES string of the molecule is C[C@H]1CC[C@H](C(=O)N[C@@H](CCC(=O)NCCOCCO)C(=O)O)CC1. The molecule has 25 heavy (non-hydrogen) atoms. The molecule has 0 unspecified atom stereocenters. The van der Waals surface area contributed by atoms with Gasteiger partial charge in [-0.05, 0) is 38.0 Å². The zero-order valence-electron chi connectivity index (χ0n) is 14.8. The first-order valence-electron chi connectivity index (χ1n) is 8.92. The van der Waals surface area contributed by atoms with Crippen molar-refractivity contribution in [3.63, 3.8) is 0 Å². The molecule has 1 aliphatic rings. The molecule has 0 bridgehead atoms. The molecule has 1 aliphatic carbocycles. The molecule has 0 heterocycles. The van der Waals surface area contributed by atoms with Crippen molar-refractivity contribution in [2.75, 3.05) is 26.4 Å². The van der Waals surface area contributed by atoms with Crippen LogP contribution in [0, 0.1) is 11.8 Å². The van der Waals surface area contributed by atoms with Crippen molar-refractivity contribution in [3.8, 4) is 0 Å². The van der Waals surface area contributed by atoms with E-state index in [1.54, 1.807) is 0 Å². The zero-order valence-corrected chi connectivity index (χ0v) is 14.8. The molecular weight excluding hydrogens is 328 g/mol. The average molecular weight is 358 g/mol. The number of aliphatic hydroxyl groups is 1. The van der Waals surface area contributed by atoms with Crippen molar-refractivity contribution < 1.29 is 29.3 Å². The second kappa shape index (κ2) is 11.8. The van der Waals surface area contributed by atoms with Crippen molar-refractivity contribution in [2.24, 2.45) is 11.8 Å². The third-order valence-electron chi connectivity index (χ3n) is 4.47. The molecule has 1 saturated carbocycles. The molecule has 8 heteroatoms. The van der Waals surface area contributed by atoms with E-state index in [2.05, 4.69) is 17.6 Å². The number of ether oxygens (including phenoxy) is 1. The fourth-order valence-electron chi connectivity index (χ4n) is 2.86. The van der Waals surface area contributed by atoms with Crippen molar-refractivity contribution in [3.05, 3.63) is 0 Å². The summed E-state index contributed by atoms with van der Waals surface area (Å²) in [6.07, 6.45) is 3.60. The summed E-state index contributed by atoms with van der Waals surface area (Å²) in [5, 5.41) is 23.0. The van der Waals surface area contributed by atoms with Gasteiger partial charge in [0.15, 0.2) is 0 Å². The molecule has 0 saturated heterocycles. The van der Waals surface area contributed by atoms with Gasteiger partial charge in [-0.1, -0.05) is 6.92 Å². The Morgan fingerprint density at radius 1 is 1.16 bits per heavy atom. The lowest BCUT2D eigenvalue weighted by Gasteiger charge is -2.26. The van der Waals surface area contributed by atoms with Crippen LogP contribution in [0.25, 0.3) is 0 Å². The number of aliphatic hydroxyl groups excluding tert-OH is 1. The smallest absolute Gasteiger partial charge is 0.326 e. The maximum atomic E-state index is 12.2. The van der Waals surface area contributed by atoms with Crippen LogP contribution >= 0.6 is 0 Å². The Morgan fingerprint density at radius 3 is 2.44 bits per heavy atom. The summed E-state index contributed by atoms with van der Waals surface area (Å²) in [5.41, 5.74) is 0. The molecule has 0 radical (unpaired) electrons. The van der Waals surface area contributed by atoms with E-state index in [1.807, 2.05) is 0 Å². The largest absolute Gasteiger partial charge is 0.480 e. The highest BCUT2D eigenvalue weighted by molar-refractivity contribution is 5.85. The van der Waals surface area contributed by atoms with Gasteiger partial charge in [-0.2, -0.15) is 0 Å². The van der Waals surface area contributed by atoms with Gasteiger partial charge in [-0.25, -0.2) is 4.79 Å². The minimum atomic E-state index is -1.13. The summed E-state index contributed by atoms with van der Waals surface area (Å²) >= 11 is 0. The molecule has 1 atom stereocenters. The average Bonchev–Trinajstić information content (AvgIpc) is 2.58. The fraction of sp³-hybridized carbons (Fsp3) is 0.824. The zero-order chi connectivity index (χ0) is 18.7. The third kappa shape index (κ3) is 8.83. The number of carboxylic acid groups (broad SMARTS) is 1. The topological polar surface area (TPSA) is 125 Å². The quantitative estimate of drug-likeness (QED) is 0.393. The Balaban J connectivity index is 2.30. The lowest BCUT2D eigenvalue weighted by molar-refractivity contribution is -0.143. The Labute approximate surface area is 148 Å². The minimum absolute atomic E-state index is 0.0128. The number of rotatable bonds is 11. The highest BCUT2D eigenvalue weighted by Gasteiger charge is 2.28. The van der Waals surface area contributed by atoms with Gasteiger partial charge in [-0.3, -0.25) is 9.59 Å². The molecule has 0 aromatic heterocycles. The Hall–Kier alpha value is -1.67. The number of amides is 2. The van der Waals surface area contributed by atoms with Crippen LogP contribution < -0.4 is 10.6 Å². The third-order valence-corrected chi connectivity index (χ3v) is 4.47. The highest BCUT2D eigenvalue weighted by Crippen LogP contribution is 2.28. The number of carbonyl (C=O) groups excluding carboxylic acids is 2. The van der Waals surface area contributed by atoms with Crippen molar-refractivity contribution in [1.82, 2.24) is 10.6 Å². The van der Waals surface area contributed by atoms with Gasteiger partial charge in [0.05, 0.1) is 19.8 Å². The van der Waals surface area contributed by atoms with Crippen molar-refractivity contribution >= 4 is 17.8 Å². The number of carboxylic acids is 1. The lowest BCUT2D eigenvalue weighted by Crippen LogP contribution is -2.45. The predicted octanol–water partition coefficient (Wildman–Crippen LogP) is 0.287. The maximum absolute atomic E-state index is 12.2. The first-order valence-corrected chi connectivity index (χ1v) is 8.92. The van der Waals surface area contributed by atoms with Crippen LogP contribution in [0.15, 0.2) is 0 Å². The van der Waals surface area contributed by atoms with Crippen molar-refractivity contribution in [1.29, 1.82) is 0 Å². The molecule has 0 spiro atoms. The predicted molar refractivity (Wildman–Crippen MR) is 90.8 cm³/mol. The second-order valence-electron chi connectivity index (χ2n) is 6.58. The molecule has 8 nitrogen and oxygen atoms in total. The molecule has 1 fully saturated rings. The first-order chi connectivity index (χ1) is 11.9. The number of hydrogen-bond donors (Lipinski definition) is 4. The number of carbonyl (C=O) groups is 3. The monoisotopic (exact) mass is 358 g/mol. The molecular formula is C17H30N2O6. The van der Waals surface area contributed by atoms with E-state index in [0.717, 1.165) is 25.7 Å². The van der Waals surface area contributed by atoms with Gasteiger partial charge in [0.25, 0.3) is 0 Å². The van der Waals surface area contributed by atoms with Crippen molar-refractivity contribution in [2.45, 2.75) is 51.5 Å². The Kier molecular flexibility index (Phi) is 10.1. The molecule has 2 amide bonds. The van der Waals surface area contributed by atoms with Gasteiger partial charge in [0.1, 0.15) is 6.04 Å². The summed E-state index contributed by atoms with van der Waals surface area (Å²) in [7, 11) is 0. The standard InChI is InChI=1S/C17H30N2O6/c1-12-2-4-13(5-3-12)16(22)19-14(17(23)24)6-7-15(21)18-8-10-25-11-9-20/h12-14,20H,2-11H2,1H3,(H,18,21)(H,19,22)(H,23,24)/t12-,13-,14-/m0/s1. The molecule has 144 valence electrons. The van der Waals surface area contributed by atoms with E-state index in [4.69, 9.17) is 9.84 Å². The van der Waals surface area contributed by atoms with Gasteiger partial charge in [0, 0.05) is 18.9 Å². The molecule has 0 aromatic rings. The maximum Gasteiger partial charge on any atom is 0.326 e. The highest BCUT2D eigenvalue weighted by atomic mass is 16.5. The van der Waals surface area contributed by atoms with Gasteiger partial charge in [0.2, 0.25) is 11.8 Å². The Bertz CT molecular complexity index is 435. The van der Waals surface area contributed by atoms with Crippen LogP contribution in [-0.2, 0) is 19.1 Å². The normalized spacial score (nSPS) is 21.4. The Morgan fingerprint density at radius 2 is 1.84 bits per heavy atom. The summed E-state index contributed by atoms with van der Waals surface area (Å²) in [6, 6.07) is -1.05. The van der Waals surface area contributed by atoms with Crippen LogP contribution in [0.5, 0.6) is 0 Å². The summed E-state index contributed by atoms with van der Waals surface area (Å²) in [6.45, 7) is 2.87. The van der Waals surface area contributed by atoms with Crippen LogP contribution in [-0.4, -0.2) is 60.4 Å². The summed E-state index contributed by atoms with van der Waals surface area (Å²) in [4.78, 5) is 35.3. The van der Waals surface area contributed by atoms with Gasteiger partial charge < -0.3 is 25.6 Å². The fourth-order valence-corrected chi connectivity index (χ4v) is 2.86. The van der Waals surface area contributed by atoms with E-state index in [0.29, 0.717) is 12.5 Å². The van der Waals surface area contributed by atoms with Crippen LogP contribution in [0.1, 0.15) is 45.4 Å². The molecule has 0 aliphatic heterocycles. The molecule has 4 N–H and O–H groups in total. The van der Waals surface area contributed by atoms with E-state index in [-0.39, 0.29) is 50.4 Å². The number of nitrogens with one attached hydrogen (secondary N) is 2. The van der Waals surface area contributed by atoms with Gasteiger partial charge in [-0.15, -0.1) is 0 Å². The van der Waals surface area contributed by atoms with E-state index < -0.39 is 12.0 Å².